The number of anilines is 1. The van der Waals surface area contributed by atoms with E-state index in [4.69, 9.17) is 4.74 Å². The monoisotopic (exact) mass is 442 g/mol. The van der Waals surface area contributed by atoms with Gasteiger partial charge in [0.2, 0.25) is 0 Å². The van der Waals surface area contributed by atoms with Gasteiger partial charge in [0.05, 0.1) is 16.1 Å². The molecule has 1 amide bonds. The summed E-state index contributed by atoms with van der Waals surface area (Å²) in [4.78, 5) is 26.0. The van der Waals surface area contributed by atoms with E-state index in [1.165, 1.54) is 36.2 Å². The molecule has 0 spiro atoms. The second-order valence-electron chi connectivity index (χ2n) is 6.79. The summed E-state index contributed by atoms with van der Waals surface area (Å²) in [6, 6.07) is 12.6. The summed E-state index contributed by atoms with van der Waals surface area (Å²) in [6.45, 7) is 9.19. The Hall–Kier alpha value is -3.39. The van der Waals surface area contributed by atoms with Crippen LogP contribution in [0.4, 0.5) is 5.69 Å². The number of nitrogens with zero attached hydrogens (tertiary/aromatic N) is 2. The Morgan fingerprint density at radius 2 is 1.65 bits per heavy atom. The molecule has 2 rings (SSSR count). The minimum Gasteiger partial charge on any atom is -0.452 e. The molecule has 0 saturated heterocycles. The first-order valence-corrected chi connectivity index (χ1v) is 11.0. The Labute approximate surface area is 183 Å². The lowest BCUT2D eigenvalue weighted by Crippen LogP contribution is -2.35. The molecule has 0 saturated carbocycles. The largest absolute Gasteiger partial charge is 0.452 e. The van der Waals surface area contributed by atoms with E-state index in [2.05, 4.69) is 13.2 Å². The number of rotatable bonds is 10. The average Bonchev–Trinajstić information content (AvgIpc) is 2.77. The smallest absolute Gasteiger partial charge is 0.338 e. The molecule has 0 unspecified atom stereocenters. The molecule has 0 heterocycles. The maximum atomic E-state index is 13.0. The van der Waals surface area contributed by atoms with Crippen molar-refractivity contribution in [2.24, 2.45) is 0 Å². The highest BCUT2D eigenvalue weighted by Crippen LogP contribution is 2.23. The van der Waals surface area contributed by atoms with Crippen molar-refractivity contribution in [3.05, 3.63) is 85.0 Å². The van der Waals surface area contributed by atoms with Gasteiger partial charge in [0.25, 0.3) is 15.9 Å². The van der Waals surface area contributed by atoms with E-state index in [1.54, 1.807) is 24.3 Å². The van der Waals surface area contributed by atoms with Crippen LogP contribution in [-0.4, -0.2) is 51.9 Å². The van der Waals surface area contributed by atoms with Crippen LogP contribution in [0.5, 0.6) is 0 Å². The van der Waals surface area contributed by atoms with Crippen molar-refractivity contribution in [3.63, 3.8) is 0 Å². The lowest BCUT2D eigenvalue weighted by molar-refractivity contribution is -0.133. The molecule has 0 atom stereocenters. The lowest BCUT2D eigenvalue weighted by atomic mass is 10.2. The van der Waals surface area contributed by atoms with Gasteiger partial charge in [-0.05, 0) is 37.3 Å². The van der Waals surface area contributed by atoms with Crippen LogP contribution in [-0.2, 0) is 19.6 Å². The minimum atomic E-state index is -3.89. The van der Waals surface area contributed by atoms with Crippen molar-refractivity contribution in [1.82, 2.24) is 4.90 Å². The second kappa shape index (κ2) is 10.6. The van der Waals surface area contributed by atoms with Crippen molar-refractivity contribution in [1.29, 1.82) is 0 Å². The normalized spacial score (nSPS) is 10.8. The van der Waals surface area contributed by atoms with E-state index in [1.807, 2.05) is 19.1 Å². The van der Waals surface area contributed by atoms with Crippen LogP contribution in [0.15, 0.2) is 78.7 Å². The predicted octanol–water partition coefficient (Wildman–Crippen LogP) is 3.18. The number of benzene rings is 2. The summed E-state index contributed by atoms with van der Waals surface area (Å²) >= 11 is 0. The number of carbonyl (C=O) groups is 2. The number of ether oxygens (including phenoxy) is 1. The Morgan fingerprint density at radius 1 is 1.03 bits per heavy atom. The maximum absolute atomic E-state index is 13.0. The van der Waals surface area contributed by atoms with E-state index in [0.717, 1.165) is 9.87 Å². The molecule has 0 N–H and O–H groups in total. The van der Waals surface area contributed by atoms with Gasteiger partial charge in [-0.3, -0.25) is 9.10 Å². The van der Waals surface area contributed by atoms with Gasteiger partial charge in [0, 0.05) is 20.1 Å². The van der Waals surface area contributed by atoms with Crippen molar-refractivity contribution in [2.75, 3.05) is 31.0 Å². The summed E-state index contributed by atoms with van der Waals surface area (Å²) in [5.41, 5.74) is 1.53. The van der Waals surface area contributed by atoms with Crippen LogP contribution < -0.4 is 4.31 Å². The maximum Gasteiger partial charge on any atom is 0.338 e. The van der Waals surface area contributed by atoms with Gasteiger partial charge in [-0.25, -0.2) is 13.2 Å². The van der Waals surface area contributed by atoms with Crippen molar-refractivity contribution >= 4 is 27.6 Å². The highest BCUT2D eigenvalue weighted by Gasteiger charge is 2.23. The molecule has 2 aromatic rings. The van der Waals surface area contributed by atoms with Crippen LogP contribution in [0.2, 0.25) is 0 Å². The van der Waals surface area contributed by atoms with Crippen LogP contribution in [0.1, 0.15) is 15.9 Å². The van der Waals surface area contributed by atoms with E-state index in [-0.39, 0.29) is 10.5 Å². The molecule has 0 aliphatic rings. The third kappa shape index (κ3) is 6.05. The highest BCUT2D eigenvalue weighted by atomic mass is 32.2. The molecular weight excluding hydrogens is 416 g/mol. The van der Waals surface area contributed by atoms with Gasteiger partial charge in [-0.2, -0.15) is 0 Å². The fraction of sp³-hybridized carbons (Fsp3) is 0.217. The van der Waals surface area contributed by atoms with E-state index in [9.17, 15) is 18.0 Å². The molecule has 8 heteroatoms. The lowest BCUT2D eigenvalue weighted by Gasteiger charge is -2.20. The van der Waals surface area contributed by atoms with Crippen LogP contribution >= 0.6 is 0 Å². The molecule has 2 aromatic carbocycles. The SMILES string of the molecule is C=CCN(CC=C)C(=O)COC(=O)c1cccc(S(=O)(=O)N(C)c2ccc(C)cc2)c1. The van der Waals surface area contributed by atoms with Gasteiger partial charge >= 0.3 is 5.97 Å². The van der Waals surface area contributed by atoms with Crippen LogP contribution in [0.3, 0.4) is 0 Å². The van der Waals surface area contributed by atoms with E-state index < -0.39 is 28.5 Å². The van der Waals surface area contributed by atoms with Gasteiger partial charge in [-0.15, -0.1) is 13.2 Å². The fourth-order valence-electron chi connectivity index (χ4n) is 2.73. The van der Waals surface area contributed by atoms with E-state index in [0.29, 0.717) is 18.8 Å². The summed E-state index contributed by atoms with van der Waals surface area (Å²) < 4.78 is 32.2. The number of hydrogen-bond donors (Lipinski definition) is 0. The Morgan fingerprint density at radius 3 is 2.23 bits per heavy atom. The standard InChI is InChI=1S/C23H26N2O5S/c1-5-14-25(15-6-2)22(26)17-30-23(27)19-8-7-9-21(16-19)31(28,29)24(4)20-12-10-18(3)11-13-20/h5-13,16H,1-2,14-15,17H2,3-4H3. The first kappa shape index (κ1) is 23.9. The summed E-state index contributed by atoms with van der Waals surface area (Å²) in [7, 11) is -2.45. The molecule has 0 fully saturated rings. The molecule has 0 bridgehead atoms. The summed E-state index contributed by atoms with van der Waals surface area (Å²) in [5.74, 6) is -1.20. The van der Waals surface area contributed by atoms with Crippen molar-refractivity contribution in [3.8, 4) is 0 Å². The van der Waals surface area contributed by atoms with Gasteiger partial charge in [-0.1, -0.05) is 35.9 Å². The number of sulfonamides is 1. The predicted molar refractivity (Wildman–Crippen MR) is 120 cm³/mol. The topological polar surface area (TPSA) is 84.0 Å². The molecule has 31 heavy (non-hydrogen) atoms. The zero-order chi connectivity index (χ0) is 23.0. The summed E-state index contributed by atoms with van der Waals surface area (Å²) in [6.07, 6.45) is 3.12. The molecular formula is C23H26N2O5S. The fourth-order valence-corrected chi connectivity index (χ4v) is 3.97. The van der Waals surface area contributed by atoms with Gasteiger partial charge in [0.1, 0.15) is 0 Å². The third-order valence-corrected chi connectivity index (χ3v) is 6.29. The first-order valence-electron chi connectivity index (χ1n) is 9.53. The Balaban J connectivity index is 2.15. The van der Waals surface area contributed by atoms with E-state index >= 15 is 0 Å². The van der Waals surface area contributed by atoms with Crippen LogP contribution in [0.25, 0.3) is 0 Å². The van der Waals surface area contributed by atoms with Gasteiger partial charge < -0.3 is 9.64 Å². The number of hydrogen-bond acceptors (Lipinski definition) is 5. The van der Waals surface area contributed by atoms with Crippen molar-refractivity contribution < 1.29 is 22.7 Å². The number of aryl methyl sites for hydroxylation is 1. The first-order chi connectivity index (χ1) is 14.7. The Bertz CT molecular complexity index is 1050. The molecule has 0 aliphatic carbocycles. The highest BCUT2D eigenvalue weighted by molar-refractivity contribution is 7.92. The third-order valence-electron chi connectivity index (χ3n) is 4.50. The zero-order valence-electron chi connectivity index (χ0n) is 17.7. The molecule has 164 valence electrons. The minimum absolute atomic E-state index is 0.0326. The zero-order valence-corrected chi connectivity index (χ0v) is 18.5. The summed E-state index contributed by atoms with van der Waals surface area (Å²) in [5, 5.41) is 0. The quantitative estimate of drug-likeness (QED) is 0.417. The van der Waals surface area contributed by atoms with Gasteiger partial charge in [0.15, 0.2) is 6.61 Å². The van der Waals surface area contributed by atoms with Crippen molar-refractivity contribution in [2.45, 2.75) is 11.8 Å². The number of carbonyl (C=O) groups excluding carboxylic acids is 2. The second-order valence-corrected chi connectivity index (χ2v) is 8.76. The number of esters is 1. The molecule has 7 nitrogen and oxygen atoms in total. The molecule has 0 aromatic heterocycles. The Kier molecular flexibility index (Phi) is 8.15. The molecule has 0 aliphatic heterocycles. The number of amides is 1. The van der Waals surface area contributed by atoms with Crippen LogP contribution in [0, 0.1) is 6.92 Å². The average molecular weight is 443 g/mol. The molecule has 0 radical (unpaired) electrons.